The second-order valence-corrected chi connectivity index (χ2v) is 3.28. The first-order valence-electron chi connectivity index (χ1n) is 4.02. The number of hydrogen-bond donors (Lipinski definition) is 0. The highest BCUT2D eigenvalue weighted by atomic mass is 35.5. The van der Waals surface area contributed by atoms with Crippen molar-refractivity contribution in [2.75, 3.05) is 0 Å². The molecular formula is C10H6ClNO2. The van der Waals surface area contributed by atoms with Gasteiger partial charge in [0, 0.05) is 11.6 Å². The summed E-state index contributed by atoms with van der Waals surface area (Å²) in [5.41, 5.74) is 1.34. The zero-order valence-corrected chi connectivity index (χ0v) is 7.86. The minimum atomic E-state index is -0.422. The van der Waals surface area contributed by atoms with Crippen molar-refractivity contribution in [1.29, 1.82) is 0 Å². The van der Waals surface area contributed by atoms with Crippen LogP contribution in [0.1, 0.15) is 0 Å². The lowest BCUT2D eigenvalue weighted by molar-refractivity contribution is -0.383. The summed E-state index contributed by atoms with van der Waals surface area (Å²) in [6, 6.07) is 10.2. The molecule has 0 saturated carbocycles. The Bertz CT molecular complexity index is 470. The second-order valence-electron chi connectivity index (χ2n) is 2.87. The van der Waals surface area contributed by atoms with Gasteiger partial charge in [-0.15, -0.1) is 0 Å². The number of halogens is 1. The van der Waals surface area contributed by atoms with Crippen LogP contribution >= 0.6 is 11.6 Å². The van der Waals surface area contributed by atoms with Gasteiger partial charge in [-0.25, -0.2) is 0 Å². The molecule has 0 aromatic carbocycles. The lowest BCUT2D eigenvalue weighted by Gasteiger charge is -1.91. The van der Waals surface area contributed by atoms with Crippen molar-refractivity contribution < 1.29 is 4.92 Å². The van der Waals surface area contributed by atoms with Crippen molar-refractivity contribution in [3.63, 3.8) is 0 Å². The fourth-order valence-corrected chi connectivity index (χ4v) is 1.67. The maximum Gasteiger partial charge on any atom is 0.278 e. The third kappa shape index (κ3) is 1.32. The summed E-state index contributed by atoms with van der Waals surface area (Å²) in [7, 11) is 0. The molecule has 0 atom stereocenters. The molecule has 0 fully saturated rings. The number of nitro groups is 1. The minimum Gasteiger partial charge on any atom is -0.258 e. The summed E-state index contributed by atoms with van der Waals surface area (Å²) < 4.78 is 0. The van der Waals surface area contributed by atoms with E-state index >= 15 is 0 Å². The van der Waals surface area contributed by atoms with E-state index in [4.69, 9.17) is 11.6 Å². The molecule has 0 amide bonds. The second kappa shape index (κ2) is 3.27. The predicted molar refractivity (Wildman–Crippen MR) is 54.7 cm³/mol. The van der Waals surface area contributed by atoms with E-state index in [2.05, 4.69) is 0 Å². The zero-order chi connectivity index (χ0) is 10.1. The van der Waals surface area contributed by atoms with E-state index in [0.29, 0.717) is 16.1 Å². The lowest BCUT2D eigenvalue weighted by Crippen LogP contribution is -1.85. The third-order valence-corrected chi connectivity index (χ3v) is 2.34. The molecule has 0 heterocycles. The molecule has 0 bridgehead atoms. The van der Waals surface area contributed by atoms with E-state index in [9.17, 15) is 10.1 Å². The highest BCUT2D eigenvalue weighted by Crippen LogP contribution is 2.39. The number of hydrogen-bond acceptors (Lipinski definition) is 2. The van der Waals surface area contributed by atoms with Crippen molar-refractivity contribution in [2.45, 2.75) is 0 Å². The van der Waals surface area contributed by atoms with Crippen LogP contribution in [0, 0.1) is 10.1 Å². The number of fused-ring (bicyclic) bond motifs is 1. The maximum absolute atomic E-state index is 10.7. The van der Waals surface area contributed by atoms with E-state index < -0.39 is 4.92 Å². The molecule has 14 heavy (non-hydrogen) atoms. The Balaban J connectivity index is 2.76. The average Bonchev–Trinajstić information content (AvgIpc) is 2.38. The van der Waals surface area contributed by atoms with Crippen molar-refractivity contribution in [2.24, 2.45) is 0 Å². The van der Waals surface area contributed by atoms with Crippen molar-refractivity contribution in [3.8, 4) is 11.1 Å². The summed E-state index contributed by atoms with van der Waals surface area (Å²) in [4.78, 5) is 10.3. The van der Waals surface area contributed by atoms with Gasteiger partial charge in [0.25, 0.3) is 5.69 Å². The van der Waals surface area contributed by atoms with Crippen LogP contribution < -0.4 is 0 Å². The molecule has 2 aliphatic carbocycles. The largest absolute Gasteiger partial charge is 0.278 e. The Hall–Kier alpha value is -1.61. The molecule has 3 nitrogen and oxygen atoms in total. The first-order chi connectivity index (χ1) is 6.70. The molecule has 0 aromatic rings. The van der Waals surface area contributed by atoms with Gasteiger partial charge < -0.3 is 0 Å². The molecule has 2 rings (SSSR count). The minimum absolute atomic E-state index is 0.0567. The van der Waals surface area contributed by atoms with Crippen LogP contribution in [0.5, 0.6) is 0 Å². The van der Waals surface area contributed by atoms with Gasteiger partial charge in [0.1, 0.15) is 0 Å². The molecule has 2 aliphatic rings. The molecule has 0 spiro atoms. The Morgan fingerprint density at radius 1 is 1.14 bits per heavy atom. The smallest absolute Gasteiger partial charge is 0.258 e. The average molecular weight is 208 g/mol. The predicted octanol–water partition coefficient (Wildman–Crippen LogP) is 3.35. The topological polar surface area (TPSA) is 43.1 Å². The molecule has 0 aliphatic heterocycles. The van der Waals surface area contributed by atoms with Crippen molar-refractivity contribution in [1.82, 2.24) is 0 Å². The van der Waals surface area contributed by atoms with Gasteiger partial charge in [-0.1, -0.05) is 35.9 Å². The monoisotopic (exact) mass is 207 g/mol. The summed E-state index contributed by atoms with van der Waals surface area (Å²) >= 11 is 5.88. The fraction of sp³-hybridized carbons (Fsp3) is 0. The number of nitrogens with zero attached hydrogens (tertiary/aromatic N) is 1. The van der Waals surface area contributed by atoms with Crippen LogP contribution in [0.4, 0.5) is 5.69 Å². The van der Waals surface area contributed by atoms with Crippen molar-refractivity contribution in [3.05, 3.63) is 51.5 Å². The van der Waals surface area contributed by atoms with Crippen LogP contribution in [-0.2, 0) is 0 Å². The summed E-state index contributed by atoms with van der Waals surface area (Å²) in [6.45, 7) is 0. The molecule has 0 radical (unpaired) electrons. The molecule has 70 valence electrons. The molecule has 0 N–H and O–H groups in total. The summed E-state index contributed by atoms with van der Waals surface area (Å²) in [6.07, 6.45) is 0. The molecule has 0 aromatic heterocycles. The van der Waals surface area contributed by atoms with Crippen LogP contribution in [0.15, 0.2) is 36.4 Å². The Labute approximate surface area is 85.4 Å². The molecular weight excluding hydrogens is 202 g/mol. The van der Waals surface area contributed by atoms with E-state index in [1.807, 2.05) is 0 Å². The van der Waals surface area contributed by atoms with E-state index in [1.165, 1.54) is 6.07 Å². The van der Waals surface area contributed by atoms with Crippen LogP contribution in [0.25, 0.3) is 11.1 Å². The lowest BCUT2D eigenvalue weighted by atomic mass is 10.2. The SMILES string of the molecule is O=[N+]([O-])c1cc(Cl)c2cccccc1-2. The standard InChI is InChI=1S/C10H6ClNO2/c11-9-6-10(12(13)14)8-5-3-1-2-4-7(8)9/h1-6H. The van der Waals surface area contributed by atoms with Gasteiger partial charge in [0.15, 0.2) is 0 Å². The Morgan fingerprint density at radius 2 is 1.79 bits per heavy atom. The third-order valence-electron chi connectivity index (χ3n) is 2.03. The van der Waals surface area contributed by atoms with Gasteiger partial charge in [-0.3, -0.25) is 10.1 Å². The fourth-order valence-electron chi connectivity index (χ4n) is 1.41. The van der Waals surface area contributed by atoms with E-state index in [-0.39, 0.29) is 5.69 Å². The van der Waals surface area contributed by atoms with Crippen molar-refractivity contribution >= 4 is 17.3 Å². The van der Waals surface area contributed by atoms with Gasteiger partial charge in [-0.05, 0) is 6.07 Å². The van der Waals surface area contributed by atoms with Gasteiger partial charge in [-0.2, -0.15) is 0 Å². The quantitative estimate of drug-likeness (QED) is 0.532. The van der Waals surface area contributed by atoms with Crippen LogP contribution in [0.2, 0.25) is 5.02 Å². The highest BCUT2D eigenvalue weighted by molar-refractivity contribution is 6.34. The first kappa shape index (κ1) is 8.97. The maximum atomic E-state index is 10.7. The highest BCUT2D eigenvalue weighted by Gasteiger charge is 2.21. The van der Waals surface area contributed by atoms with Crippen LogP contribution in [-0.4, -0.2) is 4.92 Å². The van der Waals surface area contributed by atoms with Crippen LogP contribution in [0.3, 0.4) is 0 Å². The zero-order valence-electron chi connectivity index (χ0n) is 7.11. The first-order valence-corrected chi connectivity index (χ1v) is 4.39. The summed E-state index contributed by atoms with van der Waals surface area (Å²) in [5, 5.41) is 11.1. The van der Waals surface area contributed by atoms with Gasteiger partial charge >= 0.3 is 0 Å². The van der Waals surface area contributed by atoms with Gasteiger partial charge in [0.05, 0.1) is 15.5 Å². The van der Waals surface area contributed by atoms with Gasteiger partial charge in [0.2, 0.25) is 0 Å². The molecule has 0 unspecified atom stereocenters. The normalized spacial score (nSPS) is 10.4. The molecule has 4 heteroatoms. The summed E-state index contributed by atoms with van der Waals surface area (Å²) in [5.74, 6) is 0. The molecule has 0 saturated heterocycles. The van der Waals surface area contributed by atoms with E-state index in [0.717, 1.165) is 0 Å². The Kier molecular flexibility index (Phi) is 2.09. The number of rotatable bonds is 1. The Morgan fingerprint density at radius 3 is 2.43 bits per heavy atom. The van der Waals surface area contributed by atoms with E-state index in [1.54, 1.807) is 30.3 Å².